The van der Waals surface area contributed by atoms with Crippen molar-refractivity contribution in [2.75, 3.05) is 37.6 Å². The highest BCUT2D eigenvalue weighted by Crippen LogP contribution is 2.24. The number of anilines is 1. The van der Waals surface area contributed by atoms with Gasteiger partial charge in [-0.1, -0.05) is 30.3 Å². The number of fused-ring (bicyclic) bond motifs is 1. The number of aliphatic hydroxyl groups excluding tert-OH is 1. The van der Waals surface area contributed by atoms with Crippen molar-refractivity contribution in [1.29, 1.82) is 0 Å². The lowest BCUT2D eigenvalue weighted by Crippen LogP contribution is -2.49. The number of aliphatic hydroxyl groups is 1. The van der Waals surface area contributed by atoms with Gasteiger partial charge >= 0.3 is 0 Å². The number of benzene rings is 2. The zero-order valence-electron chi connectivity index (χ0n) is 19.0. The molecule has 0 bridgehead atoms. The third-order valence-corrected chi connectivity index (χ3v) is 6.23. The van der Waals surface area contributed by atoms with E-state index in [4.69, 9.17) is 0 Å². The highest BCUT2D eigenvalue weighted by molar-refractivity contribution is 5.76. The second-order valence-corrected chi connectivity index (χ2v) is 8.52. The number of nitro groups is 1. The largest absolute Gasteiger partial charge is 0.390 e. The van der Waals surface area contributed by atoms with Gasteiger partial charge < -0.3 is 10.0 Å². The van der Waals surface area contributed by atoms with Crippen LogP contribution in [0.3, 0.4) is 0 Å². The molecule has 0 amide bonds. The average Bonchev–Trinajstić information content (AvgIpc) is 3.31. The summed E-state index contributed by atoms with van der Waals surface area (Å²) in [7, 11) is 0. The zero-order chi connectivity index (χ0) is 24.4. The first-order chi connectivity index (χ1) is 17.0. The summed E-state index contributed by atoms with van der Waals surface area (Å²) in [6.45, 7) is 3.92. The number of β-amino-alcohol motifs (C(OH)–C–C–N with tert-alkyl or cyclic N) is 1. The highest BCUT2D eigenvalue weighted by atomic mass is 16.6. The van der Waals surface area contributed by atoms with E-state index in [0.29, 0.717) is 6.54 Å². The number of hydrogen-bond donors (Lipinski definition) is 1. The molecule has 1 saturated heterocycles. The van der Waals surface area contributed by atoms with Crippen LogP contribution in [-0.4, -0.2) is 73.1 Å². The number of rotatable bonds is 7. The van der Waals surface area contributed by atoms with Gasteiger partial charge in [0.05, 0.1) is 23.8 Å². The van der Waals surface area contributed by atoms with E-state index >= 15 is 0 Å². The van der Waals surface area contributed by atoms with Crippen molar-refractivity contribution >= 4 is 22.4 Å². The molecule has 1 fully saturated rings. The molecule has 1 N–H and O–H groups in total. The Hall–Kier alpha value is -4.09. The number of piperazine rings is 1. The van der Waals surface area contributed by atoms with Crippen LogP contribution in [0, 0.1) is 10.1 Å². The van der Waals surface area contributed by atoms with E-state index in [0.717, 1.165) is 26.2 Å². The molecule has 35 heavy (non-hydrogen) atoms. The highest BCUT2D eigenvalue weighted by Gasteiger charge is 2.22. The van der Waals surface area contributed by atoms with Crippen molar-refractivity contribution in [3.8, 4) is 5.69 Å². The van der Waals surface area contributed by atoms with Crippen LogP contribution in [0.15, 0.2) is 71.9 Å². The molecule has 11 heteroatoms. The maximum absolute atomic E-state index is 13.0. The molecule has 5 rings (SSSR count). The van der Waals surface area contributed by atoms with E-state index in [-0.39, 0.29) is 34.5 Å². The maximum Gasteiger partial charge on any atom is 0.294 e. The Labute approximate surface area is 200 Å². The summed E-state index contributed by atoms with van der Waals surface area (Å²) >= 11 is 0. The second kappa shape index (κ2) is 9.65. The second-order valence-electron chi connectivity index (χ2n) is 8.52. The van der Waals surface area contributed by atoms with Crippen LogP contribution in [0.2, 0.25) is 0 Å². The van der Waals surface area contributed by atoms with Crippen LogP contribution in [0.5, 0.6) is 0 Å². The SMILES string of the molecule is O=c1c2cnn(-c3ccccc3[N+](=O)[O-])c2ncn1CC(O)CN1CCN(c2ccccc2)CC1. The van der Waals surface area contributed by atoms with E-state index in [1.807, 2.05) is 18.2 Å². The molecule has 1 aliphatic heterocycles. The Morgan fingerprint density at radius 1 is 1.00 bits per heavy atom. The van der Waals surface area contributed by atoms with Crippen molar-refractivity contribution in [3.63, 3.8) is 0 Å². The Morgan fingerprint density at radius 2 is 1.71 bits per heavy atom. The fourth-order valence-electron chi connectivity index (χ4n) is 4.46. The molecule has 0 spiro atoms. The molecule has 0 aliphatic carbocycles. The first-order valence-electron chi connectivity index (χ1n) is 11.4. The minimum atomic E-state index is -0.750. The summed E-state index contributed by atoms with van der Waals surface area (Å²) in [4.78, 5) is 32.8. The minimum Gasteiger partial charge on any atom is -0.390 e. The summed E-state index contributed by atoms with van der Waals surface area (Å²) in [5, 5.41) is 26.5. The van der Waals surface area contributed by atoms with Crippen LogP contribution in [0.4, 0.5) is 11.4 Å². The standard InChI is InChI=1S/C24H25N7O4/c32-19(15-27-10-12-28(13-11-27)18-6-2-1-3-7-18)16-29-17-25-23-20(24(29)33)14-26-30(23)21-8-4-5-9-22(21)31(34)35/h1-9,14,17,19,32H,10-13,15-16H2. The van der Waals surface area contributed by atoms with E-state index in [2.05, 4.69) is 32.0 Å². The third kappa shape index (κ3) is 4.63. The molecule has 0 saturated carbocycles. The van der Waals surface area contributed by atoms with E-state index in [1.54, 1.807) is 18.2 Å². The van der Waals surface area contributed by atoms with Gasteiger partial charge in [0, 0.05) is 44.5 Å². The van der Waals surface area contributed by atoms with Crippen LogP contribution in [-0.2, 0) is 6.54 Å². The number of para-hydroxylation sites is 3. The van der Waals surface area contributed by atoms with Gasteiger partial charge in [0.1, 0.15) is 17.4 Å². The molecular weight excluding hydrogens is 450 g/mol. The molecular formula is C24H25N7O4. The zero-order valence-corrected chi connectivity index (χ0v) is 19.0. The topological polar surface area (TPSA) is 123 Å². The summed E-state index contributed by atoms with van der Waals surface area (Å²) in [6.07, 6.45) is 1.96. The summed E-state index contributed by atoms with van der Waals surface area (Å²) in [5.41, 5.74) is 1.16. The first-order valence-corrected chi connectivity index (χ1v) is 11.4. The fraction of sp³-hybridized carbons (Fsp3) is 0.292. The van der Waals surface area contributed by atoms with E-state index in [9.17, 15) is 20.0 Å². The predicted octanol–water partition coefficient (Wildman–Crippen LogP) is 1.67. The lowest BCUT2D eigenvalue weighted by Gasteiger charge is -2.36. The van der Waals surface area contributed by atoms with Gasteiger partial charge in [0.15, 0.2) is 5.65 Å². The first kappa shape index (κ1) is 22.7. The normalized spacial score (nSPS) is 15.4. The van der Waals surface area contributed by atoms with Crippen LogP contribution >= 0.6 is 0 Å². The smallest absolute Gasteiger partial charge is 0.294 e. The number of nitro benzene ring substituents is 1. The van der Waals surface area contributed by atoms with Crippen molar-refractivity contribution in [2.45, 2.75) is 12.6 Å². The number of hydrogen-bond acceptors (Lipinski definition) is 8. The molecule has 1 unspecified atom stereocenters. The number of aromatic nitrogens is 4. The van der Waals surface area contributed by atoms with Crippen molar-refractivity contribution < 1.29 is 10.0 Å². The molecule has 11 nitrogen and oxygen atoms in total. The van der Waals surface area contributed by atoms with Gasteiger partial charge in [0.25, 0.3) is 11.2 Å². The fourth-order valence-corrected chi connectivity index (χ4v) is 4.46. The van der Waals surface area contributed by atoms with E-state index < -0.39 is 11.0 Å². The molecule has 3 heterocycles. The Balaban J connectivity index is 1.27. The van der Waals surface area contributed by atoms with Gasteiger partial charge in [0.2, 0.25) is 0 Å². The van der Waals surface area contributed by atoms with Crippen LogP contribution < -0.4 is 10.5 Å². The summed E-state index contributed by atoms with van der Waals surface area (Å²) < 4.78 is 2.65. The Bertz CT molecular complexity index is 1390. The molecule has 2 aromatic carbocycles. The van der Waals surface area contributed by atoms with Crippen molar-refractivity contribution in [2.24, 2.45) is 0 Å². The molecule has 2 aromatic heterocycles. The van der Waals surface area contributed by atoms with E-state index in [1.165, 1.54) is 33.5 Å². The molecule has 4 aromatic rings. The Morgan fingerprint density at radius 3 is 2.46 bits per heavy atom. The van der Waals surface area contributed by atoms with Gasteiger partial charge in [-0.3, -0.25) is 24.4 Å². The van der Waals surface area contributed by atoms with Crippen molar-refractivity contribution in [3.05, 3.63) is 87.6 Å². The summed E-state index contributed by atoms with van der Waals surface area (Å²) in [5.74, 6) is 0. The quantitative estimate of drug-likeness (QED) is 0.316. The van der Waals surface area contributed by atoms with Gasteiger partial charge in [-0.05, 0) is 18.2 Å². The maximum atomic E-state index is 13.0. The lowest BCUT2D eigenvalue weighted by atomic mass is 10.2. The average molecular weight is 476 g/mol. The molecule has 0 radical (unpaired) electrons. The molecule has 1 atom stereocenters. The predicted molar refractivity (Wildman–Crippen MR) is 131 cm³/mol. The van der Waals surface area contributed by atoms with Gasteiger partial charge in [-0.2, -0.15) is 5.10 Å². The lowest BCUT2D eigenvalue weighted by molar-refractivity contribution is -0.384. The van der Waals surface area contributed by atoms with Gasteiger partial charge in [-0.15, -0.1) is 0 Å². The summed E-state index contributed by atoms with van der Waals surface area (Å²) in [6, 6.07) is 16.4. The molecule has 1 aliphatic rings. The van der Waals surface area contributed by atoms with Crippen LogP contribution in [0.25, 0.3) is 16.7 Å². The van der Waals surface area contributed by atoms with Crippen LogP contribution in [0.1, 0.15) is 0 Å². The Kier molecular flexibility index (Phi) is 6.25. The number of nitrogens with zero attached hydrogens (tertiary/aromatic N) is 7. The molecule has 180 valence electrons. The monoisotopic (exact) mass is 475 g/mol. The minimum absolute atomic E-state index is 0.0946. The van der Waals surface area contributed by atoms with Gasteiger partial charge in [-0.25, -0.2) is 9.67 Å². The van der Waals surface area contributed by atoms with Crippen molar-refractivity contribution in [1.82, 2.24) is 24.2 Å². The third-order valence-electron chi connectivity index (χ3n) is 6.23.